The predicted molar refractivity (Wildman–Crippen MR) is 112 cm³/mol. The van der Waals surface area contributed by atoms with Crippen LogP contribution in [-0.4, -0.2) is 24.0 Å². The minimum atomic E-state index is -0.193. The van der Waals surface area contributed by atoms with Gasteiger partial charge < -0.3 is 10.1 Å². The van der Waals surface area contributed by atoms with Gasteiger partial charge in [-0.2, -0.15) is 0 Å². The minimum Gasteiger partial charge on any atom is -0.497 e. The Morgan fingerprint density at radius 2 is 2.00 bits per heavy atom. The molecule has 1 amide bonds. The molecule has 0 fully saturated rings. The summed E-state index contributed by atoms with van der Waals surface area (Å²) in [7, 11) is 1.59. The van der Waals surface area contributed by atoms with Crippen LogP contribution in [0.2, 0.25) is 10.0 Å². The summed E-state index contributed by atoms with van der Waals surface area (Å²) in [5, 5.41) is 4.01. The SMILES string of the molecule is COc1ccc(C=CC=CC(=O)N[C@H](C)C=Cc2ccc(Cl)cn2)c(Cl)c1. The molecule has 140 valence electrons. The van der Waals surface area contributed by atoms with Crippen LogP contribution in [0, 0.1) is 0 Å². The monoisotopic (exact) mass is 402 g/mol. The number of benzene rings is 1. The van der Waals surface area contributed by atoms with Gasteiger partial charge in [0.05, 0.1) is 22.8 Å². The summed E-state index contributed by atoms with van der Waals surface area (Å²) in [4.78, 5) is 16.1. The van der Waals surface area contributed by atoms with E-state index in [0.29, 0.717) is 15.8 Å². The third kappa shape index (κ3) is 7.29. The van der Waals surface area contributed by atoms with E-state index in [0.717, 1.165) is 11.3 Å². The van der Waals surface area contributed by atoms with Gasteiger partial charge in [0, 0.05) is 18.3 Å². The fourth-order valence-electron chi connectivity index (χ4n) is 2.12. The Balaban J connectivity index is 1.84. The number of rotatable bonds is 7. The molecule has 0 saturated heterocycles. The predicted octanol–water partition coefficient (Wildman–Crippen LogP) is 5.18. The third-order valence-corrected chi connectivity index (χ3v) is 4.07. The van der Waals surface area contributed by atoms with Crippen molar-refractivity contribution in [3.05, 3.63) is 82.1 Å². The Morgan fingerprint density at radius 1 is 1.19 bits per heavy atom. The minimum absolute atomic E-state index is 0.139. The van der Waals surface area contributed by atoms with Crippen LogP contribution < -0.4 is 10.1 Å². The van der Waals surface area contributed by atoms with E-state index in [1.165, 1.54) is 6.08 Å². The van der Waals surface area contributed by atoms with E-state index in [1.54, 1.807) is 37.6 Å². The standard InChI is InChI=1S/C21H20Cl2N2O2/c1-15(7-10-18-11-9-17(22)14-24-18)25-21(26)6-4-3-5-16-8-12-19(27-2)13-20(16)23/h3-15H,1-2H3,(H,25,26)/t15-/m1/s1. The summed E-state index contributed by atoms with van der Waals surface area (Å²) in [6.07, 6.45) is 12.0. The molecule has 0 unspecified atom stereocenters. The molecular formula is C21H20Cl2N2O2. The molecule has 0 bridgehead atoms. The van der Waals surface area contributed by atoms with Crippen molar-refractivity contribution in [2.24, 2.45) is 0 Å². The summed E-state index contributed by atoms with van der Waals surface area (Å²) < 4.78 is 5.11. The molecule has 1 N–H and O–H groups in total. The highest BCUT2D eigenvalue weighted by Crippen LogP contribution is 2.23. The molecule has 0 spiro atoms. The zero-order valence-electron chi connectivity index (χ0n) is 15.0. The molecule has 0 radical (unpaired) electrons. The van der Waals surface area contributed by atoms with Crippen LogP contribution in [0.5, 0.6) is 5.75 Å². The summed E-state index contributed by atoms with van der Waals surface area (Å²) in [5.41, 5.74) is 1.62. The number of ether oxygens (including phenoxy) is 1. The van der Waals surface area contributed by atoms with Crippen LogP contribution in [0.4, 0.5) is 0 Å². The summed E-state index contributed by atoms with van der Waals surface area (Å²) in [5.74, 6) is 0.504. The molecule has 0 aliphatic rings. The Bertz CT molecular complexity index is 859. The van der Waals surface area contributed by atoms with Gasteiger partial charge in [0.1, 0.15) is 5.75 Å². The fraction of sp³-hybridized carbons (Fsp3) is 0.143. The molecule has 2 aromatic rings. The van der Waals surface area contributed by atoms with Crippen molar-refractivity contribution >= 4 is 41.3 Å². The first-order valence-electron chi connectivity index (χ1n) is 8.26. The molecule has 1 aromatic carbocycles. The van der Waals surface area contributed by atoms with E-state index >= 15 is 0 Å². The van der Waals surface area contributed by atoms with Crippen LogP contribution in [0.15, 0.2) is 60.8 Å². The highest BCUT2D eigenvalue weighted by atomic mass is 35.5. The van der Waals surface area contributed by atoms with Gasteiger partial charge >= 0.3 is 0 Å². The number of amides is 1. The molecule has 1 heterocycles. The molecule has 6 heteroatoms. The lowest BCUT2D eigenvalue weighted by Gasteiger charge is -2.06. The first kappa shape index (κ1) is 20.7. The van der Waals surface area contributed by atoms with Crippen molar-refractivity contribution in [1.82, 2.24) is 10.3 Å². The van der Waals surface area contributed by atoms with Gasteiger partial charge in [-0.05, 0) is 48.9 Å². The maximum Gasteiger partial charge on any atom is 0.244 e. The van der Waals surface area contributed by atoms with Crippen LogP contribution in [0.25, 0.3) is 12.2 Å². The van der Waals surface area contributed by atoms with Crippen LogP contribution >= 0.6 is 23.2 Å². The lowest BCUT2D eigenvalue weighted by atomic mass is 10.2. The second kappa shape index (κ2) is 10.6. The molecule has 4 nitrogen and oxygen atoms in total. The number of nitrogens with one attached hydrogen (secondary N) is 1. The lowest BCUT2D eigenvalue weighted by Crippen LogP contribution is -2.29. The topological polar surface area (TPSA) is 51.2 Å². The molecule has 1 aromatic heterocycles. The fourth-order valence-corrected chi connectivity index (χ4v) is 2.47. The summed E-state index contributed by atoms with van der Waals surface area (Å²) in [6.45, 7) is 1.88. The van der Waals surface area contributed by atoms with Gasteiger partial charge in [0.25, 0.3) is 0 Å². The largest absolute Gasteiger partial charge is 0.497 e. The normalized spacial score (nSPS) is 12.7. The van der Waals surface area contributed by atoms with Crippen molar-refractivity contribution in [3.63, 3.8) is 0 Å². The molecule has 0 saturated carbocycles. The van der Waals surface area contributed by atoms with Crippen molar-refractivity contribution in [3.8, 4) is 5.75 Å². The van der Waals surface area contributed by atoms with E-state index < -0.39 is 0 Å². The first-order chi connectivity index (χ1) is 13.0. The Morgan fingerprint density at radius 3 is 2.67 bits per heavy atom. The number of pyridine rings is 1. The molecule has 0 aliphatic carbocycles. The molecular weight excluding hydrogens is 383 g/mol. The number of hydrogen-bond acceptors (Lipinski definition) is 3. The van der Waals surface area contributed by atoms with Gasteiger partial charge in [-0.15, -0.1) is 0 Å². The van der Waals surface area contributed by atoms with Crippen LogP contribution in [0.3, 0.4) is 0 Å². The van der Waals surface area contributed by atoms with Crippen molar-refractivity contribution < 1.29 is 9.53 Å². The van der Waals surface area contributed by atoms with Gasteiger partial charge in [-0.25, -0.2) is 0 Å². The number of hydrogen-bond donors (Lipinski definition) is 1. The van der Waals surface area contributed by atoms with E-state index in [1.807, 2.05) is 43.4 Å². The Hall–Kier alpha value is -2.56. The van der Waals surface area contributed by atoms with E-state index in [2.05, 4.69) is 10.3 Å². The zero-order valence-corrected chi connectivity index (χ0v) is 16.5. The molecule has 1 atom stereocenters. The van der Waals surface area contributed by atoms with E-state index in [4.69, 9.17) is 27.9 Å². The quantitative estimate of drug-likeness (QED) is 0.512. The van der Waals surface area contributed by atoms with Gasteiger partial charge in [0.15, 0.2) is 0 Å². The van der Waals surface area contributed by atoms with Crippen LogP contribution in [0.1, 0.15) is 18.2 Å². The average molecular weight is 403 g/mol. The third-order valence-electron chi connectivity index (χ3n) is 3.52. The van der Waals surface area contributed by atoms with Crippen molar-refractivity contribution in [2.45, 2.75) is 13.0 Å². The second-order valence-corrected chi connectivity index (χ2v) is 6.51. The summed E-state index contributed by atoms with van der Waals surface area (Å²) >= 11 is 12.0. The van der Waals surface area contributed by atoms with Crippen LogP contribution in [-0.2, 0) is 4.79 Å². The number of carbonyl (C=O) groups excluding carboxylic acids is 1. The second-order valence-electron chi connectivity index (χ2n) is 5.66. The highest BCUT2D eigenvalue weighted by molar-refractivity contribution is 6.32. The molecule has 0 aliphatic heterocycles. The number of halogens is 2. The maximum absolute atomic E-state index is 11.9. The van der Waals surface area contributed by atoms with E-state index in [-0.39, 0.29) is 11.9 Å². The molecule has 2 rings (SSSR count). The smallest absolute Gasteiger partial charge is 0.244 e. The Labute approximate surface area is 169 Å². The Kier molecular flexibility index (Phi) is 8.11. The maximum atomic E-state index is 11.9. The first-order valence-corrected chi connectivity index (χ1v) is 9.02. The highest BCUT2D eigenvalue weighted by Gasteiger charge is 2.01. The summed E-state index contributed by atoms with van der Waals surface area (Å²) in [6, 6.07) is 8.85. The van der Waals surface area contributed by atoms with E-state index in [9.17, 15) is 4.79 Å². The zero-order chi connectivity index (χ0) is 19.6. The van der Waals surface area contributed by atoms with Gasteiger partial charge in [-0.1, -0.05) is 47.5 Å². The number of methoxy groups -OCH3 is 1. The van der Waals surface area contributed by atoms with Gasteiger partial charge in [0.2, 0.25) is 5.91 Å². The lowest BCUT2D eigenvalue weighted by molar-refractivity contribution is -0.116. The van der Waals surface area contributed by atoms with Crippen molar-refractivity contribution in [1.29, 1.82) is 0 Å². The average Bonchev–Trinajstić information content (AvgIpc) is 2.65. The number of aromatic nitrogens is 1. The number of carbonyl (C=O) groups is 1. The van der Waals surface area contributed by atoms with Gasteiger partial charge in [-0.3, -0.25) is 9.78 Å². The number of nitrogens with zero attached hydrogens (tertiary/aromatic N) is 1. The van der Waals surface area contributed by atoms with Crippen molar-refractivity contribution in [2.75, 3.05) is 7.11 Å². The molecule has 27 heavy (non-hydrogen) atoms. The number of allylic oxidation sites excluding steroid dienone is 2.